The van der Waals surface area contributed by atoms with Crippen molar-refractivity contribution >= 4 is 23.2 Å². The van der Waals surface area contributed by atoms with Crippen molar-refractivity contribution in [2.24, 2.45) is 5.41 Å². The molecule has 0 saturated carbocycles. The molecule has 4 nitrogen and oxygen atoms in total. The molecule has 1 N–H and O–H groups in total. The molecular formula is C19H22ClNO3. The van der Waals surface area contributed by atoms with E-state index >= 15 is 0 Å². The van der Waals surface area contributed by atoms with Gasteiger partial charge in [0.25, 0.3) is 5.91 Å². The third-order valence-corrected chi connectivity index (χ3v) is 5.02. The minimum Gasteiger partial charge on any atom is -0.455 e. The molecule has 2 aromatic rings. The topological polar surface area (TPSA) is 53.7 Å². The van der Waals surface area contributed by atoms with Gasteiger partial charge in [0.1, 0.15) is 5.76 Å². The lowest BCUT2D eigenvalue weighted by Crippen LogP contribution is -2.26. The molecule has 0 spiro atoms. The molecule has 24 heavy (non-hydrogen) atoms. The largest absolute Gasteiger partial charge is 0.455 e. The molecule has 0 saturated heterocycles. The summed E-state index contributed by atoms with van der Waals surface area (Å²) in [5, 5.41) is 11.0. The molecule has 0 radical (unpaired) electrons. The van der Waals surface area contributed by atoms with Gasteiger partial charge in [-0.05, 0) is 30.9 Å². The molecule has 5 heteroatoms. The average Bonchev–Trinajstić information content (AvgIpc) is 2.81. The summed E-state index contributed by atoms with van der Waals surface area (Å²) in [4.78, 5) is 14.4. The smallest absolute Gasteiger partial charge is 0.294 e. The van der Waals surface area contributed by atoms with Crippen molar-refractivity contribution < 1.29 is 14.3 Å². The Bertz CT molecular complexity index is 794. The number of fused-ring (bicyclic) bond motifs is 1. The number of rotatable bonds is 2. The van der Waals surface area contributed by atoms with Crippen LogP contribution in [0.25, 0.3) is 0 Å². The highest BCUT2D eigenvalue weighted by Gasteiger charge is 2.37. The summed E-state index contributed by atoms with van der Waals surface area (Å²) >= 11 is 6.19. The van der Waals surface area contributed by atoms with Crippen molar-refractivity contribution in [2.45, 2.75) is 39.7 Å². The maximum Gasteiger partial charge on any atom is 0.294 e. The zero-order chi connectivity index (χ0) is 17.6. The number of nitrogens with zero attached hydrogens (tertiary/aromatic N) is 1. The molecule has 3 rings (SSSR count). The molecule has 0 fully saturated rings. The molecule has 1 unspecified atom stereocenters. The van der Waals surface area contributed by atoms with E-state index in [9.17, 15) is 9.90 Å². The summed E-state index contributed by atoms with van der Waals surface area (Å²) < 4.78 is 5.89. The van der Waals surface area contributed by atoms with Crippen LogP contribution < -0.4 is 4.90 Å². The van der Waals surface area contributed by atoms with Gasteiger partial charge in [0.15, 0.2) is 5.76 Å². The molecule has 1 aromatic heterocycles. The lowest BCUT2D eigenvalue weighted by molar-refractivity contribution is 0.0903. The lowest BCUT2D eigenvalue weighted by Gasteiger charge is -2.31. The van der Waals surface area contributed by atoms with Crippen LogP contribution in [-0.4, -0.2) is 18.1 Å². The summed E-state index contributed by atoms with van der Waals surface area (Å²) in [5.74, 6) is 0.728. The van der Waals surface area contributed by atoms with Crippen molar-refractivity contribution in [1.82, 2.24) is 0 Å². The molecule has 1 atom stereocenters. The van der Waals surface area contributed by atoms with E-state index in [1.165, 1.54) is 4.90 Å². The molecule has 0 bridgehead atoms. The van der Waals surface area contributed by atoms with Crippen LogP contribution in [0.3, 0.4) is 0 Å². The van der Waals surface area contributed by atoms with E-state index in [-0.39, 0.29) is 17.1 Å². The van der Waals surface area contributed by atoms with Crippen molar-refractivity contribution in [3.05, 3.63) is 51.9 Å². The van der Waals surface area contributed by atoms with E-state index in [4.69, 9.17) is 16.0 Å². The predicted octanol–water partition coefficient (Wildman–Crippen LogP) is 4.52. The number of aliphatic hydroxyl groups excluding tert-OH is 1. The van der Waals surface area contributed by atoms with E-state index in [2.05, 4.69) is 13.8 Å². The number of anilines is 1. The van der Waals surface area contributed by atoms with E-state index in [0.29, 0.717) is 29.3 Å². The molecule has 1 amide bonds. The maximum atomic E-state index is 12.9. The highest BCUT2D eigenvalue weighted by Crippen LogP contribution is 2.44. The summed E-state index contributed by atoms with van der Waals surface area (Å²) in [5.41, 5.74) is 2.06. The Morgan fingerprint density at radius 1 is 1.38 bits per heavy atom. The van der Waals surface area contributed by atoms with Gasteiger partial charge in [0.05, 0.1) is 16.8 Å². The Morgan fingerprint density at radius 2 is 2.04 bits per heavy atom. The standard InChI is InChI=1S/C19H22ClNO3/c1-11-16-14(22)9-19(2,3)10-15(16)24-17(11)18(23)21(4)13-8-6-5-7-12(13)20/h5-8,14,22H,9-10H2,1-4H3. The van der Waals surface area contributed by atoms with Crippen molar-refractivity contribution in [2.75, 3.05) is 11.9 Å². The SMILES string of the molecule is Cc1c(C(=O)N(C)c2ccccc2Cl)oc2c1C(O)CC(C)(C)C2. The Kier molecular flexibility index (Phi) is 4.22. The van der Waals surface area contributed by atoms with E-state index < -0.39 is 6.10 Å². The fraction of sp³-hybridized carbons (Fsp3) is 0.421. The van der Waals surface area contributed by atoms with E-state index in [1.54, 1.807) is 19.2 Å². The number of carbonyl (C=O) groups is 1. The van der Waals surface area contributed by atoms with Gasteiger partial charge in [-0.15, -0.1) is 0 Å². The summed E-state index contributed by atoms with van der Waals surface area (Å²) in [7, 11) is 1.67. The van der Waals surface area contributed by atoms with Gasteiger partial charge in [-0.2, -0.15) is 0 Å². The van der Waals surface area contributed by atoms with Crippen LogP contribution in [0.4, 0.5) is 5.69 Å². The fourth-order valence-corrected chi connectivity index (χ4v) is 3.74. The van der Waals surface area contributed by atoms with Crippen molar-refractivity contribution in [1.29, 1.82) is 0 Å². The predicted molar refractivity (Wildman–Crippen MR) is 94.7 cm³/mol. The number of amides is 1. The van der Waals surface area contributed by atoms with Crippen LogP contribution in [0.5, 0.6) is 0 Å². The minimum absolute atomic E-state index is 0.0499. The van der Waals surface area contributed by atoms with Gasteiger partial charge in [-0.1, -0.05) is 37.6 Å². The summed E-state index contributed by atoms with van der Waals surface area (Å²) in [6, 6.07) is 7.18. The Balaban J connectivity index is 1.99. The molecule has 1 heterocycles. The first-order valence-corrected chi connectivity index (χ1v) is 8.42. The van der Waals surface area contributed by atoms with Crippen molar-refractivity contribution in [3.63, 3.8) is 0 Å². The number of benzene rings is 1. The van der Waals surface area contributed by atoms with Gasteiger partial charge in [0.2, 0.25) is 0 Å². The third-order valence-electron chi connectivity index (χ3n) is 4.70. The Hall–Kier alpha value is -1.78. The molecule has 0 aliphatic heterocycles. The lowest BCUT2D eigenvalue weighted by atomic mass is 9.75. The number of aliphatic hydroxyl groups is 1. The molecule has 1 aliphatic rings. The van der Waals surface area contributed by atoms with Crippen LogP contribution in [0.15, 0.2) is 28.7 Å². The molecule has 1 aromatic carbocycles. The van der Waals surface area contributed by atoms with Gasteiger partial charge in [-0.25, -0.2) is 0 Å². The van der Waals surface area contributed by atoms with Gasteiger partial charge < -0.3 is 14.4 Å². The first kappa shape index (κ1) is 17.1. The molecule has 128 valence electrons. The van der Waals surface area contributed by atoms with Crippen LogP contribution in [-0.2, 0) is 6.42 Å². The van der Waals surface area contributed by atoms with Gasteiger partial charge in [0, 0.05) is 24.6 Å². The second kappa shape index (κ2) is 5.94. The van der Waals surface area contributed by atoms with E-state index in [0.717, 1.165) is 11.1 Å². The Morgan fingerprint density at radius 3 is 2.71 bits per heavy atom. The van der Waals surface area contributed by atoms with E-state index in [1.807, 2.05) is 19.1 Å². The van der Waals surface area contributed by atoms with Crippen LogP contribution in [0, 0.1) is 12.3 Å². The number of para-hydroxylation sites is 1. The number of hydrogen-bond acceptors (Lipinski definition) is 3. The molecular weight excluding hydrogens is 326 g/mol. The summed E-state index contributed by atoms with van der Waals surface area (Å²) in [6.45, 7) is 6.01. The molecule has 1 aliphatic carbocycles. The van der Waals surface area contributed by atoms with Crippen LogP contribution >= 0.6 is 11.6 Å². The maximum absolute atomic E-state index is 12.9. The normalized spacial score (nSPS) is 19.0. The third kappa shape index (κ3) is 2.85. The first-order chi connectivity index (χ1) is 11.2. The Labute approximate surface area is 147 Å². The first-order valence-electron chi connectivity index (χ1n) is 8.04. The number of carbonyl (C=O) groups excluding carboxylic acids is 1. The fourth-order valence-electron chi connectivity index (χ4n) is 3.48. The van der Waals surface area contributed by atoms with Crippen LogP contribution in [0.1, 0.15) is 53.8 Å². The highest BCUT2D eigenvalue weighted by atomic mass is 35.5. The summed E-state index contributed by atoms with van der Waals surface area (Å²) in [6.07, 6.45) is 0.775. The zero-order valence-corrected chi connectivity index (χ0v) is 15.1. The van der Waals surface area contributed by atoms with Gasteiger partial charge >= 0.3 is 0 Å². The second-order valence-corrected chi connectivity index (χ2v) is 7.68. The minimum atomic E-state index is -0.598. The average molecular weight is 348 g/mol. The monoisotopic (exact) mass is 347 g/mol. The number of furan rings is 1. The van der Waals surface area contributed by atoms with Crippen LogP contribution in [0.2, 0.25) is 5.02 Å². The second-order valence-electron chi connectivity index (χ2n) is 7.27. The number of hydrogen-bond donors (Lipinski definition) is 1. The quantitative estimate of drug-likeness (QED) is 0.868. The zero-order valence-electron chi connectivity index (χ0n) is 14.4. The van der Waals surface area contributed by atoms with Gasteiger partial charge in [-0.3, -0.25) is 4.79 Å². The van der Waals surface area contributed by atoms with Crippen molar-refractivity contribution in [3.8, 4) is 0 Å². The highest BCUT2D eigenvalue weighted by molar-refractivity contribution is 6.34. The number of halogens is 1.